The van der Waals surface area contributed by atoms with Gasteiger partial charge in [0.2, 0.25) is 10.0 Å². The van der Waals surface area contributed by atoms with Crippen LogP contribution < -0.4 is 9.47 Å². The normalized spacial score (nSPS) is 19.4. The van der Waals surface area contributed by atoms with Crippen molar-refractivity contribution in [3.05, 3.63) is 45.9 Å². The van der Waals surface area contributed by atoms with Crippen molar-refractivity contribution in [2.24, 2.45) is 4.99 Å². The Morgan fingerprint density at radius 2 is 1.72 bits per heavy atom. The molecule has 1 aliphatic heterocycles. The summed E-state index contributed by atoms with van der Waals surface area (Å²) in [7, 11) is 0.880. The summed E-state index contributed by atoms with van der Waals surface area (Å²) in [6.07, 6.45) is 1.36. The van der Waals surface area contributed by atoms with Gasteiger partial charge in [0.25, 0.3) is 0 Å². The van der Waals surface area contributed by atoms with E-state index in [-0.39, 0.29) is 15.7 Å². The lowest BCUT2D eigenvalue weighted by atomic mass is 10.0. The van der Waals surface area contributed by atoms with Crippen molar-refractivity contribution < 1.29 is 23.0 Å². The molecule has 1 heterocycles. The van der Waals surface area contributed by atoms with Crippen molar-refractivity contribution in [1.29, 1.82) is 0 Å². The molecule has 198 valence electrons. The number of rotatable bonds is 10. The molecule has 0 saturated carbocycles. The SMILES string of the molecule is CCCN(CCC)S(=O)(=O)c1cc(C2(O)CSC(=Nc3cc(Cl)c(OC)cc3OC)N2C)ccc1Cl. The number of nitrogens with zero attached hydrogens (tertiary/aromatic N) is 3. The Hall–Kier alpha value is -1.69. The lowest BCUT2D eigenvalue weighted by Crippen LogP contribution is -2.42. The third-order valence-electron chi connectivity index (χ3n) is 5.87. The second kappa shape index (κ2) is 11.8. The molecule has 12 heteroatoms. The van der Waals surface area contributed by atoms with E-state index in [2.05, 4.69) is 4.99 Å². The lowest BCUT2D eigenvalue weighted by Gasteiger charge is -2.32. The Kier molecular flexibility index (Phi) is 9.46. The molecule has 0 aromatic heterocycles. The smallest absolute Gasteiger partial charge is 0.244 e. The zero-order valence-corrected chi connectivity index (χ0v) is 24.1. The monoisotopic (exact) mass is 575 g/mol. The minimum atomic E-state index is -3.84. The topological polar surface area (TPSA) is 91.7 Å². The van der Waals surface area contributed by atoms with Crippen molar-refractivity contribution in [3.8, 4) is 11.5 Å². The number of hydrogen-bond acceptors (Lipinski definition) is 7. The first-order valence-corrected chi connectivity index (χ1v) is 14.6. The summed E-state index contributed by atoms with van der Waals surface area (Å²) in [5.41, 5.74) is -0.642. The van der Waals surface area contributed by atoms with Crippen LogP contribution in [0.25, 0.3) is 0 Å². The molecule has 0 bridgehead atoms. The maximum Gasteiger partial charge on any atom is 0.244 e. The van der Waals surface area contributed by atoms with Gasteiger partial charge in [-0.15, -0.1) is 0 Å². The molecule has 1 atom stereocenters. The molecule has 1 unspecified atom stereocenters. The summed E-state index contributed by atoms with van der Waals surface area (Å²) < 4.78 is 39.0. The molecule has 1 aliphatic rings. The number of methoxy groups -OCH3 is 2. The van der Waals surface area contributed by atoms with E-state index in [0.717, 1.165) is 0 Å². The Morgan fingerprint density at radius 3 is 2.31 bits per heavy atom. The maximum absolute atomic E-state index is 13.4. The number of benzene rings is 2. The average Bonchev–Trinajstić information content (AvgIpc) is 3.13. The molecule has 0 aliphatic carbocycles. The van der Waals surface area contributed by atoms with Gasteiger partial charge in [-0.05, 0) is 31.0 Å². The van der Waals surface area contributed by atoms with Crippen molar-refractivity contribution in [3.63, 3.8) is 0 Å². The fourth-order valence-electron chi connectivity index (χ4n) is 3.88. The van der Waals surface area contributed by atoms with Gasteiger partial charge in [0.1, 0.15) is 22.1 Å². The first kappa shape index (κ1) is 28.9. The summed E-state index contributed by atoms with van der Waals surface area (Å²) in [5, 5.41) is 12.7. The van der Waals surface area contributed by atoms with E-state index >= 15 is 0 Å². The molecule has 1 saturated heterocycles. The van der Waals surface area contributed by atoms with Gasteiger partial charge in [0, 0.05) is 31.8 Å². The van der Waals surface area contributed by atoms with E-state index in [1.54, 1.807) is 30.1 Å². The number of hydrogen-bond donors (Lipinski definition) is 1. The molecule has 2 aromatic rings. The Bertz CT molecular complexity index is 1240. The van der Waals surface area contributed by atoms with E-state index in [9.17, 15) is 13.5 Å². The highest BCUT2D eigenvalue weighted by Gasteiger charge is 2.43. The molecule has 0 radical (unpaired) electrons. The van der Waals surface area contributed by atoms with Gasteiger partial charge in [0.05, 0.1) is 30.0 Å². The third-order valence-corrected chi connectivity index (χ3v) is 9.72. The van der Waals surface area contributed by atoms with E-state index in [0.29, 0.717) is 58.9 Å². The fraction of sp³-hybridized carbons (Fsp3) is 0.458. The molecular weight excluding hydrogens is 545 g/mol. The minimum absolute atomic E-state index is 0.0237. The summed E-state index contributed by atoms with van der Waals surface area (Å²) in [4.78, 5) is 6.24. The van der Waals surface area contributed by atoms with Gasteiger partial charge < -0.3 is 19.5 Å². The summed E-state index contributed by atoms with van der Waals surface area (Å²) >= 11 is 14.0. The number of ether oxygens (including phenoxy) is 2. The summed E-state index contributed by atoms with van der Waals surface area (Å²) in [6, 6.07) is 7.87. The van der Waals surface area contributed by atoms with Crippen LogP contribution in [0.1, 0.15) is 32.3 Å². The van der Waals surface area contributed by atoms with Crippen LogP contribution in [-0.4, -0.2) is 68.0 Å². The van der Waals surface area contributed by atoms with Crippen LogP contribution in [-0.2, 0) is 15.7 Å². The van der Waals surface area contributed by atoms with Crippen LogP contribution >= 0.6 is 35.0 Å². The molecule has 1 N–H and O–H groups in total. The third kappa shape index (κ3) is 5.58. The number of thioether (sulfide) groups is 1. The van der Waals surface area contributed by atoms with E-state index in [1.807, 2.05) is 13.8 Å². The average molecular weight is 577 g/mol. The standard InChI is InChI=1S/C24H31Cl2N3O5S2/c1-6-10-29(11-7-2)36(31,32)22-12-16(8-9-17(22)25)24(30)15-35-23(28(24)3)27-19-13-18(26)20(33-4)14-21(19)34-5/h8-9,12-14,30H,6-7,10-11,15H2,1-5H3. The lowest BCUT2D eigenvalue weighted by molar-refractivity contribution is -0.0349. The van der Waals surface area contributed by atoms with E-state index in [1.165, 1.54) is 42.4 Å². The summed E-state index contributed by atoms with van der Waals surface area (Å²) in [5.74, 6) is 1.14. The Labute approximate surface area is 227 Å². The second-order valence-corrected chi connectivity index (χ2v) is 11.9. The van der Waals surface area contributed by atoms with Crippen LogP contribution in [0.3, 0.4) is 0 Å². The largest absolute Gasteiger partial charge is 0.495 e. The Morgan fingerprint density at radius 1 is 1.08 bits per heavy atom. The van der Waals surface area contributed by atoms with Crippen molar-refractivity contribution in [2.75, 3.05) is 40.1 Å². The van der Waals surface area contributed by atoms with Crippen LogP contribution in [0.2, 0.25) is 10.0 Å². The number of halogens is 2. The van der Waals surface area contributed by atoms with Crippen molar-refractivity contribution in [2.45, 2.75) is 37.3 Å². The summed E-state index contributed by atoms with van der Waals surface area (Å²) in [6.45, 7) is 4.63. The van der Waals surface area contributed by atoms with Crippen molar-refractivity contribution >= 4 is 55.8 Å². The van der Waals surface area contributed by atoms with E-state index < -0.39 is 15.7 Å². The maximum atomic E-state index is 13.4. The van der Waals surface area contributed by atoms with Crippen LogP contribution in [0.15, 0.2) is 40.2 Å². The predicted octanol–water partition coefficient (Wildman–Crippen LogP) is 5.33. The quantitative estimate of drug-likeness (QED) is 0.409. The van der Waals surface area contributed by atoms with Gasteiger partial charge in [0.15, 0.2) is 10.9 Å². The number of aliphatic imine (C=N–C) groups is 1. The highest BCUT2D eigenvalue weighted by atomic mass is 35.5. The molecule has 0 amide bonds. The highest BCUT2D eigenvalue weighted by molar-refractivity contribution is 8.14. The van der Waals surface area contributed by atoms with Gasteiger partial charge in [-0.25, -0.2) is 13.4 Å². The number of sulfonamides is 1. The van der Waals surface area contributed by atoms with Gasteiger partial charge >= 0.3 is 0 Å². The highest BCUT2D eigenvalue weighted by Crippen LogP contribution is 2.43. The first-order chi connectivity index (χ1) is 17.0. The number of amidine groups is 1. The van der Waals surface area contributed by atoms with Crippen LogP contribution in [0, 0.1) is 0 Å². The molecule has 2 aromatic carbocycles. The molecular formula is C24H31Cl2N3O5S2. The molecule has 36 heavy (non-hydrogen) atoms. The fourth-order valence-corrected chi connectivity index (χ4v) is 7.43. The van der Waals surface area contributed by atoms with Gasteiger partial charge in [-0.1, -0.05) is 54.9 Å². The van der Waals surface area contributed by atoms with Crippen LogP contribution in [0.5, 0.6) is 11.5 Å². The zero-order valence-electron chi connectivity index (χ0n) is 20.9. The van der Waals surface area contributed by atoms with Crippen LogP contribution in [0.4, 0.5) is 5.69 Å². The van der Waals surface area contributed by atoms with Gasteiger partial charge in [-0.2, -0.15) is 4.31 Å². The Balaban J connectivity index is 2.01. The molecule has 3 rings (SSSR count). The second-order valence-electron chi connectivity index (χ2n) is 8.27. The van der Waals surface area contributed by atoms with Gasteiger partial charge in [-0.3, -0.25) is 0 Å². The first-order valence-electron chi connectivity index (χ1n) is 11.4. The minimum Gasteiger partial charge on any atom is -0.495 e. The van der Waals surface area contributed by atoms with Crippen molar-refractivity contribution in [1.82, 2.24) is 9.21 Å². The predicted molar refractivity (Wildman–Crippen MR) is 147 cm³/mol. The molecule has 1 fully saturated rings. The van der Waals surface area contributed by atoms with E-state index in [4.69, 9.17) is 32.7 Å². The number of aliphatic hydroxyl groups is 1. The zero-order chi connectivity index (χ0) is 26.7. The molecule has 8 nitrogen and oxygen atoms in total. The molecule has 0 spiro atoms.